The summed E-state index contributed by atoms with van der Waals surface area (Å²) in [5.41, 5.74) is 0. The summed E-state index contributed by atoms with van der Waals surface area (Å²) in [7, 11) is 0. The third kappa shape index (κ3) is 26.0. The normalized spacial score (nSPS) is 31.0. The molecule has 3 heterocycles. The lowest BCUT2D eigenvalue weighted by atomic mass is 9.96. The molecule has 19 nitrogen and oxygen atoms in total. The summed E-state index contributed by atoms with van der Waals surface area (Å²) in [6, 6.07) is -0.974. The minimum absolute atomic E-state index is 0.234. The van der Waals surface area contributed by atoms with Crippen molar-refractivity contribution < 1.29 is 89.4 Å². The van der Waals surface area contributed by atoms with E-state index in [0.29, 0.717) is 6.42 Å². The Kier molecular flexibility index (Phi) is 37.5. The minimum Gasteiger partial charge on any atom is -0.394 e. The first-order valence-corrected chi connectivity index (χ1v) is 29.2. The molecule has 0 aromatic carbocycles. The van der Waals surface area contributed by atoms with E-state index in [-0.39, 0.29) is 18.9 Å². The van der Waals surface area contributed by atoms with Crippen LogP contribution in [0.5, 0.6) is 0 Å². The quantitative estimate of drug-likeness (QED) is 0.0293. The number of rotatable bonds is 41. The fourth-order valence-corrected chi connectivity index (χ4v) is 9.45. The molecule has 0 aromatic rings. The van der Waals surface area contributed by atoms with Crippen LogP contribution in [0.4, 0.5) is 0 Å². The van der Waals surface area contributed by atoms with Gasteiger partial charge < -0.3 is 89.9 Å². The molecule has 3 aliphatic heterocycles. The molecule has 3 rings (SSSR count). The first-order valence-electron chi connectivity index (χ1n) is 29.2. The van der Waals surface area contributed by atoms with Gasteiger partial charge in [-0.25, -0.2) is 0 Å². The maximum absolute atomic E-state index is 13.2. The zero-order valence-electron chi connectivity index (χ0n) is 46.6. The molecule has 78 heavy (non-hydrogen) atoms. The lowest BCUT2D eigenvalue weighted by Gasteiger charge is -2.48. The number of hydrogen-bond donors (Lipinski definition) is 12. The van der Waals surface area contributed by atoms with Crippen LogP contribution in [-0.2, 0) is 33.2 Å². The molecule has 17 unspecified atom stereocenters. The van der Waals surface area contributed by atoms with Crippen molar-refractivity contribution in [1.82, 2.24) is 5.32 Å². The largest absolute Gasteiger partial charge is 0.394 e. The number of unbranched alkanes of at least 4 members (excludes halogenated alkanes) is 15. The van der Waals surface area contributed by atoms with Gasteiger partial charge in [0.05, 0.1) is 38.6 Å². The van der Waals surface area contributed by atoms with E-state index in [0.717, 1.165) is 96.3 Å². The minimum atomic E-state index is -1.98. The third-order valence-electron chi connectivity index (χ3n) is 14.3. The Morgan fingerprint density at radius 2 is 0.885 bits per heavy atom. The predicted octanol–water partition coefficient (Wildman–Crippen LogP) is 4.65. The Morgan fingerprint density at radius 1 is 0.474 bits per heavy atom. The van der Waals surface area contributed by atoms with E-state index in [1.165, 1.54) is 38.5 Å². The summed E-state index contributed by atoms with van der Waals surface area (Å²) < 4.78 is 34.1. The Bertz CT molecular complexity index is 1710. The highest BCUT2D eigenvalue weighted by Crippen LogP contribution is 2.33. The fourth-order valence-electron chi connectivity index (χ4n) is 9.45. The van der Waals surface area contributed by atoms with Crippen LogP contribution >= 0.6 is 0 Å². The van der Waals surface area contributed by atoms with Crippen molar-refractivity contribution in [3.8, 4) is 0 Å². The monoisotopic (exact) mass is 1110 g/mol. The average molecular weight is 1110 g/mol. The molecular weight excluding hydrogens is 1010 g/mol. The van der Waals surface area contributed by atoms with Crippen molar-refractivity contribution in [2.75, 3.05) is 26.4 Å². The topological polar surface area (TPSA) is 307 Å². The summed E-state index contributed by atoms with van der Waals surface area (Å²) in [4.78, 5) is 13.2. The number of ether oxygens (including phenoxy) is 6. The van der Waals surface area contributed by atoms with Crippen LogP contribution in [0, 0.1) is 0 Å². The number of carbonyl (C=O) groups is 1. The van der Waals surface area contributed by atoms with Gasteiger partial charge in [-0.05, 0) is 64.2 Å². The molecule has 0 radical (unpaired) electrons. The van der Waals surface area contributed by atoms with Crippen molar-refractivity contribution in [2.45, 2.75) is 266 Å². The maximum atomic E-state index is 13.2. The molecule has 19 heteroatoms. The van der Waals surface area contributed by atoms with Crippen LogP contribution in [0.2, 0.25) is 0 Å². The maximum Gasteiger partial charge on any atom is 0.220 e. The molecule has 0 aliphatic carbocycles. The third-order valence-corrected chi connectivity index (χ3v) is 14.3. The van der Waals surface area contributed by atoms with Gasteiger partial charge in [0.2, 0.25) is 5.91 Å². The first kappa shape index (κ1) is 69.5. The molecule has 0 spiro atoms. The van der Waals surface area contributed by atoms with Crippen LogP contribution in [-0.4, -0.2) is 193 Å². The van der Waals surface area contributed by atoms with Crippen molar-refractivity contribution in [3.05, 3.63) is 72.9 Å². The summed E-state index contributed by atoms with van der Waals surface area (Å²) in [5.74, 6) is -0.289. The SMILES string of the molecule is CC/C=C\C/C=C\C/C=C\C/C=C\C/C=C\CCCCCCCCCCCCCC(=O)NC(COC1OC(CO)C(OC2OC(CO)C(OC3OC(CO)C(O)C(O)C3O)C(O)C2O)C(O)C1O)C(O)/C=C/CCCCCC. The van der Waals surface area contributed by atoms with E-state index in [9.17, 15) is 61.0 Å². The standard InChI is InChI=1S/C59H101NO18/c1-3-5-7-9-11-12-13-14-15-16-17-18-19-20-21-22-23-24-25-26-27-28-29-30-31-33-35-37-47(65)60-42(43(64)36-34-32-10-8-6-4-2)41-73-57-53(71)50(68)55(45(39-62)75-57)78-59-54(72)51(69)56(46(40-63)76-59)77-58-52(70)49(67)48(66)44(38-61)74-58/h5,7,11-12,14-15,17-18,20-21,34,36,42-46,48-59,61-64,66-72H,3-4,6,8-10,13,16,19,22-33,35,37-41H2,1-2H3,(H,60,65)/b7-5-,12-11-,15-14-,18-17-,21-20-,36-34+. The number of nitrogens with one attached hydrogen (secondary N) is 1. The van der Waals surface area contributed by atoms with Gasteiger partial charge in [0.15, 0.2) is 18.9 Å². The number of carbonyl (C=O) groups excluding carboxylic acids is 1. The van der Waals surface area contributed by atoms with Gasteiger partial charge in [0.25, 0.3) is 0 Å². The van der Waals surface area contributed by atoms with E-state index in [1.54, 1.807) is 6.08 Å². The fraction of sp³-hybridized carbons (Fsp3) is 0.780. The molecule has 1 amide bonds. The summed E-state index contributed by atoms with van der Waals surface area (Å²) in [5, 5.41) is 119. The van der Waals surface area contributed by atoms with E-state index in [2.05, 4.69) is 79.9 Å². The second-order valence-corrected chi connectivity index (χ2v) is 20.7. The van der Waals surface area contributed by atoms with Crippen molar-refractivity contribution >= 4 is 5.91 Å². The summed E-state index contributed by atoms with van der Waals surface area (Å²) >= 11 is 0. The van der Waals surface area contributed by atoms with Crippen LogP contribution in [0.1, 0.15) is 162 Å². The number of hydrogen-bond acceptors (Lipinski definition) is 18. The zero-order valence-corrected chi connectivity index (χ0v) is 46.6. The summed E-state index contributed by atoms with van der Waals surface area (Å²) in [6.45, 7) is 1.48. The highest BCUT2D eigenvalue weighted by molar-refractivity contribution is 5.76. The first-order chi connectivity index (χ1) is 37.8. The molecule has 12 N–H and O–H groups in total. The van der Waals surface area contributed by atoms with Crippen LogP contribution in [0.3, 0.4) is 0 Å². The Hall–Kier alpha value is -2.77. The second-order valence-electron chi connectivity index (χ2n) is 20.7. The number of aliphatic hydroxyl groups excluding tert-OH is 11. The number of aliphatic hydroxyl groups is 11. The molecular formula is C59H101NO18. The lowest BCUT2D eigenvalue weighted by molar-refractivity contribution is -0.379. The molecule has 450 valence electrons. The molecule has 3 fully saturated rings. The van der Waals surface area contributed by atoms with Gasteiger partial charge in [-0.3, -0.25) is 4.79 Å². The van der Waals surface area contributed by atoms with E-state index >= 15 is 0 Å². The van der Waals surface area contributed by atoms with Crippen LogP contribution in [0.15, 0.2) is 72.9 Å². The zero-order chi connectivity index (χ0) is 56.9. The highest BCUT2D eigenvalue weighted by Gasteiger charge is 2.53. The smallest absolute Gasteiger partial charge is 0.220 e. The van der Waals surface area contributed by atoms with E-state index in [1.807, 2.05) is 6.08 Å². The van der Waals surface area contributed by atoms with Crippen molar-refractivity contribution in [1.29, 1.82) is 0 Å². The van der Waals surface area contributed by atoms with Gasteiger partial charge in [0, 0.05) is 6.42 Å². The van der Waals surface area contributed by atoms with E-state index < -0.39 is 124 Å². The Morgan fingerprint density at radius 3 is 1.38 bits per heavy atom. The number of allylic oxidation sites excluding steroid dienone is 11. The molecule has 0 aromatic heterocycles. The number of amides is 1. The molecule has 3 aliphatic rings. The van der Waals surface area contributed by atoms with E-state index in [4.69, 9.17) is 28.4 Å². The highest BCUT2D eigenvalue weighted by atomic mass is 16.8. The lowest BCUT2D eigenvalue weighted by Crippen LogP contribution is -2.66. The van der Waals surface area contributed by atoms with Crippen LogP contribution in [0.25, 0.3) is 0 Å². The molecule has 0 bridgehead atoms. The van der Waals surface area contributed by atoms with Gasteiger partial charge >= 0.3 is 0 Å². The second kappa shape index (κ2) is 42.1. The van der Waals surface area contributed by atoms with Gasteiger partial charge in [-0.1, -0.05) is 164 Å². The summed E-state index contributed by atoms with van der Waals surface area (Å²) in [6.07, 6.45) is 22.3. The van der Waals surface area contributed by atoms with Gasteiger partial charge in [-0.15, -0.1) is 0 Å². The molecule has 17 atom stereocenters. The average Bonchev–Trinajstić information content (AvgIpc) is 3.45. The van der Waals surface area contributed by atoms with Gasteiger partial charge in [-0.2, -0.15) is 0 Å². The predicted molar refractivity (Wildman–Crippen MR) is 295 cm³/mol. The van der Waals surface area contributed by atoms with Crippen molar-refractivity contribution in [3.63, 3.8) is 0 Å². The molecule has 0 saturated carbocycles. The van der Waals surface area contributed by atoms with Gasteiger partial charge in [0.1, 0.15) is 73.2 Å². The van der Waals surface area contributed by atoms with Crippen LogP contribution < -0.4 is 5.32 Å². The Balaban J connectivity index is 1.38. The van der Waals surface area contributed by atoms with Crippen molar-refractivity contribution in [2.24, 2.45) is 0 Å². The molecule has 3 saturated heterocycles. The Labute approximate surface area is 464 Å².